The van der Waals surface area contributed by atoms with Gasteiger partial charge in [-0.1, -0.05) is 35.9 Å². The highest BCUT2D eigenvalue weighted by Gasteiger charge is 2.10. The number of amides is 1. The molecule has 1 amide bonds. The number of aryl methyl sites for hydroxylation is 3. The van der Waals surface area contributed by atoms with Crippen molar-refractivity contribution in [1.29, 1.82) is 0 Å². The largest absolute Gasteiger partial charge is 0.350 e. The molecule has 1 aromatic carbocycles. The second-order valence-corrected chi connectivity index (χ2v) is 8.34. The van der Waals surface area contributed by atoms with Crippen molar-refractivity contribution in [3.05, 3.63) is 73.4 Å². The fourth-order valence-corrected chi connectivity index (χ4v) is 4.33. The lowest BCUT2D eigenvalue weighted by Gasteiger charge is -2.02. The molecule has 0 atom stereocenters. The molecule has 0 aliphatic carbocycles. The summed E-state index contributed by atoms with van der Waals surface area (Å²) in [5.41, 5.74) is 3.63. The van der Waals surface area contributed by atoms with E-state index in [1.165, 1.54) is 20.9 Å². The number of hydrogen-bond acceptors (Lipinski definition) is 4. The molecule has 3 aromatic rings. The minimum absolute atomic E-state index is 0.0846. The van der Waals surface area contributed by atoms with Gasteiger partial charge in [0.05, 0.1) is 12.2 Å². The molecule has 0 bridgehead atoms. The van der Waals surface area contributed by atoms with Crippen LogP contribution in [0.2, 0.25) is 0 Å². The van der Waals surface area contributed by atoms with Crippen LogP contribution in [0, 0.1) is 13.8 Å². The van der Waals surface area contributed by atoms with Crippen molar-refractivity contribution in [3.8, 4) is 0 Å². The van der Waals surface area contributed by atoms with Crippen molar-refractivity contribution in [2.75, 3.05) is 0 Å². The van der Waals surface area contributed by atoms with Gasteiger partial charge in [0, 0.05) is 22.6 Å². The maximum Gasteiger partial charge on any atom is 0.220 e. The number of thiazole rings is 1. The standard InChI is InChI=1S/C20H22N2OS2/c1-14-5-7-16(8-6-14)12-18-15(2)22-20(25-18)13-21-19(23)10-9-17-4-3-11-24-17/h3-8,11H,9-10,12-13H2,1-2H3,(H,21,23). The molecule has 130 valence electrons. The number of benzene rings is 1. The summed E-state index contributed by atoms with van der Waals surface area (Å²) in [5, 5.41) is 6.01. The molecule has 25 heavy (non-hydrogen) atoms. The van der Waals surface area contributed by atoms with Crippen LogP contribution >= 0.6 is 22.7 Å². The van der Waals surface area contributed by atoms with Gasteiger partial charge in [-0.3, -0.25) is 4.79 Å². The second kappa shape index (κ2) is 8.41. The minimum Gasteiger partial charge on any atom is -0.350 e. The third kappa shape index (κ3) is 5.25. The van der Waals surface area contributed by atoms with Gasteiger partial charge in [0.1, 0.15) is 5.01 Å². The molecule has 0 aliphatic heterocycles. The Hall–Kier alpha value is -1.98. The zero-order valence-corrected chi connectivity index (χ0v) is 16.2. The molecule has 0 aliphatic rings. The number of hydrogen-bond donors (Lipinski definition) is 1. The van der Waals surface area contributed by atoms with Gasteiger partial charge in [0.15, 0.2) is 0 Å². The average molecular weight is 371 g/mol. The van der Waals surface area contributed by atoms with Crippen molar-refractivity contribution in [2.24, 2.45) is 0 Å². The molecule has 2 aromatic heterocycles. The normalized spacial score (nSPS) is 10.8. The van der Waals surface area contributed by atoms with Crippen LogP contribution in [-0.2, 0) is 24.2 Å². The summed E-state index contributed by atoms with van der Waals surface area (Å²) in [6, 6.07) is 12.7. The molecule has 3 rings (SSSR count). The number of carbonyl (C=O) groups excluding carboxylic acids is 1. The van der Waals surface area contributed by atoms with E-state index in [9.17, 15) is 4.79 Å². The van der Waals surface area contributed by atoms with E-state index in [1.54, 1.807) is 22.7 Å². The van der Waals surface area contributed by atoms with Crippen molar-refractivity contribution in [1.82, 2.24) is 10.3 Å². The molecule has 0 spiro atoms. The highest BCUT2D eigenvalue weighted by atomic mass is 32.1. The van der Waals surface area contributed by atoms with Crippen molar-refractivity contribution in [2.45, 2.75) is 39.7 Å². The number of aromatic nitrogens is 1. The molecule has 0 unspecified atom stereocenters. The summed E-state index contributed by atoms with van der Waals surface area (Å²) in [5.74, 6) is 0.0846. The van der Waals surface area contributed by atoms with E-state index in [0.717, 1.165) is 23.5 Å². The summed E-state index contributed by atoms with van der Waals surface area (Å²) in [6.45, 7) is 4.66. The number of nitrogens with one attached hydrogen (secondary N) is 1. The first-order chi connectivity index (χ1) is 12.1. The Morgan fingerprint density at radius 1 is 1.16 bits per heavy atom. The molecule has 0 saturated heterocycles. The number of rotatable bonds is 7. The van der Waals surface area contributed by atoms with Crippen LogP contribution in [0.15, 0.2) is 41.8 Å². The van der Waals surface area contributed by atoms with Crippen LogP contribution in [0.1, 0.15) is 38.0 Å². The lowest BCUT2D eigenvalue weighted by molar-refractivity contribution is -0.121. The maximum atomic E-state index is 12.0. The molecular formula is C20H22N2OS2. The number of carbonyl (C=O) groups is 1. The summed E-state index contributed by atoms with van der Waals surface area (Å²) in [4.78, 5) is 19.1. The van der Waals surface area contributed by atoms with Crippen LogP contribution in [0.4, 0.5) is 0 Å². The Bertz CT molecular complexity index is 820. The summed E-state index contributed by atoms with van der Waals surface area (Å²) in [7, 11) is 0. The predicted octanol–water partition coefficient (Wildman–Crippen LogP) is 4.66. The van der Waals surface area contributed by atoms with Gasteiger partial charge < -0.3 is 5.32 Å². The van der Waals surface area contributed by atoms with Gasteiger partial charge in [-0.25, -0.2) is 4.98 Å². The molecule has 0 saturated carbocycles. The highest BCUT2D eigenvalue weighted by Crippen LogP contribution is 2.22. The van der Waals surface area contributed by atoms with Gasteiger partial charge in [-0.05, 0) is 37.3 Å². The minimum atomic E-state index is 0.0846. The van der Waals surface area contributed by atoms with Crippen LogP contribution in [0.25, 0.3) is 0 Å². The van der Waals surface area contributed by atoms with Gasteiger partial charge in [0.25, 0.3) is 0 Å². The molecule has 2 heterocycles. The van der Waals surface area contributed by atoms with E-state index >= 15 is 0 Å². The first-order valence-electron chi connectivity index (χ1n) is 8.40. The molecular weight excluding hydrogens is 348 g/mol. The zero-order valence-electron chi connectivity index (χ0n) is 14.5. The molecule has 0 fully saturated rings. The highest BCUT2D eigenvalue weighted by molar-refractivity contribution is 7.11. The Balaban J connectivity index is 1.51. The van der Waals surface area contributed by atoms with Gasteiger partial charge in [-0.15, -0.1) is 22.7 Å². The Labute approximate surface area is 156 Å². The summed E-state index contributed by atoms with van der Waals surface area (Å²) < 4.78 is 0. The van der Waals surface area contributed by atoms with Crippen LogP contribution in [-0.4, -0.2) is 10.9 Å². The average Bonchev–Trinajstić information content (AvgIpc) is 3.23. The van der Waals surface area contributed by atoms with E-state index in [0.29, 0.717) is 13.0 Å². The molecule has 3 nitrogen and oxygen atoms in total. The Morgan fingerprint density at radius 3 is 2.68 bits per heavy atom. The first-order valence-corrected chi connectivity index (χ1v) is 10.1. The number of thiophene rings is 1. The third-order valence-corrected chi connectivity index (χ3v) is 6.13. The van der Waals surface area contributed by atoms with Gasteiger partial charge in [-0.2, -0.15) is 0 Å². The summed E-state index contributed by atoms with van der Waals surface area (Å²) >= 11 is 3.39. The van der Waals surface area contributed by atoms with Crippen molar-refractivity contribution < 1.29 is 4.79 Å². The van der Waals surface area contributed by atoms with E-state index in [1.807, 2.05) is 18.4 Å². The molecule has 0 radical (unpaired) electrons. The van der Waals surface area contributed by atoms with Crippen molar-refractivity contribution in [3.63, 3.8) is 0 Å². The molecule has 1 N–H and O–H groups in total. The van der Waals surface area contributed by atoms with Crippen molar-refractivity contribution >= 4 is 28.6 Å². The van der Waals surface area contributed by atoms with Gasteiger partial charge >= 0.3 is 0 Å². The lowest BCUT2D eigenvalue weighted by Crippen LogP contribution is -2.22. The number of nitrogens with zero attached hydrogens (tertiary/aromatic N) is 1. The second-order valence-electron chi connectivity index (χ2n) is 6.13. The fraction of sp³-hybridized carbons (Fsp3) is 0.300. The van der Waals surface area contributed by atoms with Crippen LogP contribution < -0.4 is 5.32 Å². The van der Waals surface area contributed by atoms with E-state index in [2.05, 4.69) is 47.6 Å². The van der Waals surface area contributed by atoms with E-state index < -0.39 is 0 Å². The fourth-order valence-electron chi connectivity index (χ4n) is 2.57. The van der Waals surface area contributed by atoms with E-state index in [-0.39, 0.29) is 5.91 Å². The smallest absolute Gasteiger partial charge is 0.220 e. The third-order valence-electron chi connectivity index (χ3n) is 4.04. The van der Waals surface area contributed by atoms with Gasteiger partial charge in [0.2, 0.25) is 5.91 Å². The SMILES string of the molecule is Cc1ccc(Cc2sc(CNC(=O)CCc3cccs3)nc2C)cc1. The zero-order chi connectivity index (χ0) is 17.6. The topological polar surface area (TPSA) is 42.0 Å². The lowest BCUT2D eigenvalue weighted by atomic mass is 10.1. The summed E-state index contributed by atoms with van der Waals surface area (Å²) in [6.07, 6.45) is 2.23. The first kappa shape index (κ1) is 17.8. The van der Waals surface area contributed by atoms with E-state index in [4.69, 9.17) is 0 Å². The quantitative estimate of drug-likeness (QED) is 0.657. The van der Waals surface area contributed by atoms with Crippen LogP contribution in [0.3, 0.4) is 0 Å². The Kier molecular flexibility index (Phi) is 6.00. The molecule has 5 heteroatoms. The Morgan fingerprint density at radius 2 is 1.96 bits per heavy atom. The monoisotopic (exact) mass is 370 g/mol. The maximum absolute atomic E-state index is 12.0. The van der Waals surface area contributed by atoms with Crippen LogP contribution in [0.5, 0.6) is 0 Å². The predicted molar refractivity (Wildman–Crippen MR) is 105 cm³/mol.